The maximum atomic E-state index is 12.9. The van der Waals surface area contributed by atoms with Crippen molar-refractivity contribution < 1.29 is 8.78 Å². The highest BCUT2D eigenvalue weighted by molar-refractivity contribution is 5.83. The van der Waals surface area contributed by atoms with E-state index in [1.54, 1.807) is 0 Å². The van der Waals surface area contributed by atoms with E-state index in [9.17, 15) is 8.78 Å². The van der Waals surface area contributed by atoms with Crippen molar-refractivity contribution in [1.29, 1.82) is 0 Å². The highest BCUT2D eigenvalue weighted by Crippen LogP contribution is 2.09. The summed E-state index contributed by atoms with van der Waals surface area (Å²) in [7, 11) is 0. The smallest absolute Gasteiger partial charge is 0.159 e. The minimum Gasteiger partial charge on any atom is -0.312 e. The van der Waals surface area contributed by atoms with Gasteiger partial charge in [-0.2, -0.15) is 0 Å². The third-order valence-electron chi connectivity index (χ3n) is 1.94. The van der Waals surface area contributed by atoms with Gasteiger partial charge in [0.05, 0.1) is 0 Å². The first-order chi connectivity index (χ1) is 7.52. The molecule has 88 valence electrons. The number of benzene rings is 1. The minimum absolute atomic E-state index is 0.0938. The van der Waals surface area contributed by atoms with Gasteiger partial charge in [-0.15, -0.1) is 0 Å². The number of rotatable bonds is 3. The Balaban J connectivity index is 2.82. The Labute approximate surface area is 93.3 Å². The monoisotopic (exact) mass is 227 g/mol. The van der Waals surface area contributed by atoms with Gasteiger partial charge in [-0.25, -0.2) is 14.6 Å². The van der Waals surface area contributed by atoms with Gasteiger partial charge in [0.1, 0.15) is 5.84 Å². The van der Waals surface area contributed by atoms with Crippen molar-refractivity contribution >= 4 is 5.84 Å². The summed E-state index contributed by atoms with van der Waals surface area (Å²) in [5.74, 6) is 4.11. The van der Waals surface area contributed by atoms with Gasteiger partial charge in [0.15, 0.2) is 11.6 Å². The Bertz CT molecular complexity index is 389. The number of nitrogens with two attached hydrogens (primary N) is 1. The summed E-state index contributed by atoms with van der Waals surface area (Å²) in [6.45, 7) is 3.81. The van der Waals surface area contributed by atoms with Crippen LogP contribution in [0.5, 0.6) is 0 Å². The molecular weight excluding hydrogens is 212 g/mol. The molecule has 0 saturated heterocycles. The first-order valence-corrected chi connectivity index (χ1v) is 5.00. The lowest BCUT2D eigenvalue weighted by Gasteiger charge is -2.08. The van der Waals surface area contributed by atoms with Crippen LogP contribution >= 0.6 is 0 Å². The van der Waals surface area contributed by atoms with E-state index >= 15 is 0 Å². The van der Waals surface area contributed by atoms with Gasteiger partial charge in [0.2, 0.25) is 0 Å². The van der Waals surface area contributed by atoms with Crippen molar-refractivity contribution in [3.05, 3.63) is 35.4 Å². The maximum Gasteiger partial charge on any atom is 0.159 e. The van der Waals surface area contributed by atoms with Crippen molar-refractivity contribution in [3.8, 4) is 0 Å². The quantitative estimate of drug-likeness (QED) is 0.358. The summed E-state index contributed by atoms with van der Waals surface area (Å²) in [4.78, 5) is 4.21. The number of nitrogens with zero attached hydrogens (tertiary/aromatic N) is 1. The maximum absolute atomic E-state index is 12.9. The van der Waals surface area contributed by atoms with Crippen molar-refractivity contribution in [3.63, 3.8) is 0 Å². The fraction of sp³-hybridized carbons (Fsp3) is 0.364. The molecule has 0 atom stereocenters. The van der Waals surface area contributed by atoms with Gasteiger partial charge in [0.25, 0.3) is 0 Å². The highest BCUT2D eigenvalue weighted by atomic mass is 19.2. The van der Waals surface area contributed by atoms with E-state index in [1.807, 2.05) is 13.8 Å². The van der Waals surface area contributed by atoms with Crippen LogP contribution in [0.3, 0.4) is 0 Å². The van der Waals surface area contributed by atoms with Gasteiger partial charge < -0.3 is 5.43 Å². The molecule has 0 saturated carbocycles. The second-order valence-electron chi connectivity index (χ2n) is 3.74. The molecule has 16 heavy (non-hydrogen) atoms. The van der Waals surface area contributed by atoms with E-state index < -0.39 is 11.6 Å². The minimum atomic E-state index is -0.863. The van der Waals surface area contributed by atoms with E-state index in [2.05, 4.69) is 10.4 Å². The molecule has 0 heterocycles. The lowest BCUT2D eigenvalue weighted by Crippen LogP contribution is -2.32. The molecule has 0 aromatic heterocycles. The Kier molecular flexibility index (Phi) is 4.37. The van der Waals surface area contributed by atoms with Crippen LogP contribution < -0.4 is 11.3 Å². The van der Waals surface area contributed by atoms with Crippen molar-refractivity contribution in [1.82, 2.24) is 5.43 Å². The van der Waals surface area contributed by atoms with Crippen LogP contribution in [-0.4, -0.2) is 11.9 Å². The first-order valence-electron chi connectivity index (χ1n) is 5.00. The molecule has 3 N–H and O–H groups in total. The van der Waals surface area contributed by atoms with Crippen LogP contribution in [0.25, 0.3) is 0 Å². The number of hydrogen-bond donors (Lipinski definition) is 2. The van der Waals surface area contributed by atoms with Crippen LogP contribution in [0.1, 0.15) is 19.4 Å². The first kappa shape index (κ1) is 12.6. The van der Waals surface area contributed by atoms with E-state index in [-0.39, 0.29) is 6.04 Å². The summed E-state index contributed by atoms with van der Waals surface area (Å²) in [5, 5.41) is 0. The molecule has 3 nitrogen and oxygen atoms in total. The molecule has 0 bridgehead atoms. The van der Waals surface area contributed by atoms with Gasteiger partial charge in [-0.1, -0.05) is 6.07 Å². The molecule has 1 aromatic carbocycles. The Morgan fingerprint density at radius 1 is 1.38 bits per heavy atom. The predicted octanol–water partition coefficient (Wildman–Crippen LogP) is 1.78. The fourth-order valence-corrected chi connectivity index (χ4v) is 1.29. The normalized spacial score (nSPS) is 12.0. The summed E-state index contributed by atoms with van der Waals surface area (Å²) in [6.07, 6.45) is 0.353. The van der Waals surface area contributed by atoms with Gasteiger partial charge in [0, 0.05) is 12.5 Å². The largest absolute Gasteiger partial charge is 0.312 e. The molecule has 0 fully saturated rings. The van der Waals surface area contributed by atoms with Gasteiger partial charge in [-0.3, -0.25) is 4.99 Å². The molecule has 0 unspecified atom stereocenters. The Morgan fingerprint density at radius 2 is 2.06 bits per heavy atom. The van der Waals surface area contributed by atoms with Crippen molar-refractivity contribution in [2.75, 3.05) is 0 Å². The lowest BCUT2D eigenvalue weighted by molar-refractivity contribution is 0.507. The average molecular weight is 227 g/mol. The summed E-state index contributed by atoms with van der Waals surface area (Å²) < 4.78 is 25.6. The van der Waals surface area contributed by atoms with Crippen LogP contribution in [0, 0.1) is 11.6 Å². The van der Waals surface area contributed by atoms with E-state index in [1.165, 1.54) is 6.07 Å². The predicted molar refractivity (Wildman–Crippen MR) is 60.0 cm³/mol. The zero-order valence-corrected chi connectivity index (χ0v) is 9.30. The molecule has 0 radical (unpaired) electrons. The SMILES string of the molecule is CC(C)N=C(Cc1ccc(F)c(F)c1)NN. The summed E-state index contributed by atoms with van der Waals surface area (Å²) in [5.41, 5.74) is 3.07. The van der Waals surface area contributed by atoms with Crippen LogP contribution in [0.15, 0.2) is 23.2 Å². The number of hydrogen-bond acceptors (Lipinski definition) is 2. The highest BCUT2D eigenvalue weighted by Gasteiger charge is 2.05. The van der Waals surface area contributed by atoms with Gasteiger partial charge in [-0.05, 0) is 31.5 Å². The molecule has 0 spiro atoms. The number of hydrazine groups is 1. The molecule has 0 aliphatic rings. The number of aliphatic imine (C=N–C) groups is 1. The molecule has 1 aromatic rings. The fourth-order valence-electron chi connectivity index (χ4n) is 1.29. The number of nitrogens with one attached hydrogen (secondary N) is 1. The molecule has 1 rings (SSSR count). The van der Waals surface area contributed by atoms with E-state index in [0.717, 1.165) is 12.1 Å². The standard InChI is InChI=1S/C11H15F2N3/c1-7(2)15-11(16-14)6-8-3-4-9(12)10(13)5-8/h3-5,7H,6,14H2,1-2H3,(H,15,16). The molecule has 0 amide bonds. The third-order valence-corrected chi connectivity index (χ3v) is 1.94. The van der Waals surface area contributed by atoms with E-state index in [4.69, 9.17) is 5.84 Å². The Morgan fingerprint density at radius 3 is 2.56 bits per heavy atom. The number of halogens is 2. The second-order valence-corrected chi connectivity index (χ2v) is 3.74. The summed E-state index contributed by atoms with van der Waals surface area (Å²) in [6, 6.07) is 3.83. The Hall–Kier alpha value is -1.49. The third kappa shape index (κ3) is 3.58. The summed E-state index contributed by atoms with van der Waals surface area (Å²) >= 11 is 0. The second kappa shape index (κ2) is 5.55. The topological polar surface area (TPSA) is 50.4 Å². The number of amidine groups is 1. The van der Waals surface area contributed by atoms with Gasteiger partial charge >= 0.3 is 0 Å². The van der Waals surface area contributed by atoms with Crippen molar-refractivity contribution in [2.45, 2.75) is 26.3 Å². The molecule has 5 heteroatoms. The molecule has 0 aliphatic heterocycles. The van der Waals surface area contributed by atoms with Crippen LogP contribution in [0.4, 0.5) is 8.78 Å². The van der Waals surface area contributed by atoms with E-state index in [0.29, 0.717) is 17.8 Å². The van der Waals surface area contributed by atoms with Crippen molar-refractivity contribution in [2.24, 2.45) is 10.8 Å². The average Bonchev–Trinajstić information content (AvgIpc) is 2.22. The molecule has 0 aliphatic carbocycles. The molecular formula is C11H15F2N3. The zero-order valence-electron chi connectivity index (χ0n) is 9.30. The zero-order chi connectivity index (χ0) is 12.1. The van der Waals surface area contributed by atoms with Crippen LogP contribution in [-0.2, 0) is 6.42 Å². The lowest BCUT2D eigenvalue weighted by atomic mass is 10.1. The van der Waals surface area contributed by atoms with Crippen LogP contribution in [0.2, 0.25) is 0 Å².